The second kappa shape index (κ2) is 10.3. The average molecular weight is 444 g/mol. The van der Waals surface area contributed by atoms with Gasteiger partial charge in [-0.2, -0.15) is 0 Å². The van der Waals surface area contributed by atoms with Crippen molar-refractivity contribution in [3.05, 3.63) is 35.4 Å². The summed E-state index contributed by atoms with van der Waals surface area (Å²) in [4.78, 5) is 62.3. The molecule has 2 atom stereocenters. The maximum absolute atomic E-state index is 12.7. The molecule has 0 aliphatic carbocycles. The highest BCUT2D eigenvalue weighted by Crippen LogP contribution is 2.30. The predicted octanol–water partition coefficient (Wildman–Crippen LogP) is 0.771. The van der Waals surface area contributed by atoms with Gasteiger partial charge in [-0.3, -0.25) is 19.3 Å². The Morgan fingerprint density at radius 2 is 1.81 bits per heavy atom. The number of carbonyl (C=O) groups excluding carboxylic acids is 4. The summed E-state index contributed by atoms with van der Waals surface area (Å²) in [6.07, 6.45) is 2.11. The number of nitrogens with two attached hydrogens (primary N) is 1. The summed E-state index contributed by atoms with van der Waals surface area (Å²) in [5.41, 5.74) is 7.18. The van der Waals surface area contributed by atoms with Crippen LogP contribution in [0.25, 0.3) is 0 Å². The second-order valence-corrected chi connectivity index (χ2v) is 8.16. The standard InChI is InChI=1S/C22H28N4O6/c23-18(27)10-9-16(21(30)31)24-19(28)8-2-1-5-11-25-20(29)17-12-14-6-3-4-7-15(14)13-26(17)22(25)32/h3-4,6-7,16-17H,1-2,5,8-13H2,(H2,23,27)(H,24,28)(H,30,31). The van der Waals surface area contributed by atoms with Crippen molar-refractivity contribution in [2.75, 3.05) is 6.54 Å². The highest BCUT2D eigenvalue weighted by molar-refractivity contribution is 6.04. The van der Waals surface area contributed by atoms with Crippen LogP contribution in [0.5, 0.6) is 0 Å². The van der Waals surface area contributed by atoms with Crippen molar-refractivity contribution in [3.63, 3.8) is 0 Å². The van der Waals surface area contributed by atoms with Crippen LogP contribution in [-0.4, -0.2) is 63.3 Å². The maximum Gasteiger partial charge on any atom is 0.327 e. The number of nitrogens with one attached hydrogen (secondary N) is 1. The van der Waals surface area contributed by atoms with Gasteiger partial charge in [0, 0.05) is 32.4 Å². The van der Waals surface area contributed by atoms with E-state index in [-0.39, 0.29) is 31.2 Å². The van der Waals surface area contributed by atoms with Crippen molar-refractivity contribution in [3.8, 4) is 0 Å². The highest BCUT2D eigenvalue weighted by Gasteiger charge is 2.46. The first kappa shape index (κ1) is 23.2. The van der Waals surface area contributed by atoms with Crippen LogP contribution in [0.3, 0.4) is 0 Å². The first-order valence-corrected chi connectivity index (χ1v) is 10.8. The number of primary amides is 1. The molecule has 32 heavy (non-hydrogen) atoms. The van der Waals surface area contributed by atoms with Crippen molar-refractivity contribution in [1.82, 2.24) is 15.1 Å². The summed E-state index contributed by atoms with van der Waals surface area (Å²) < 4.78 is 0. The Labute approximate surface area is 185 Å². The first-order chi connectivity index (χ1) is 15.3. The Morgan fingerprint density at radius 1 is 1.09 bits per heavy atom. The van der Waals surface area contributed by atoms with Crippen LogP contribution in [0.1, 0.15) is 49.7 Å². The van der Waals surface area contributed by atoms with E-state index in [9.17, 15) is 24.0 Å². The molecular weight excluding hydrogens is 416 g/mol. The molecule has 1 saturated heterocycles. The van der Waals surface area contributed by atoms with E-state index < -0.39 is 29.9 Å². The van der Waals surface area contributed by atoms with E-state index in [2.05, 4.69) is 5.32 Å². The van der Waals surface area contributed by atoms with E-state index >= 15 is 0 Å². The fraction of sp³-hybridized carbons (Fsp3) is 0.500. The molecule has 0 saturated carbocycles. The number of imide groups is 1. The molecule has 0 bridgehead atoms. The average Bonchev–Trinajstić information content (AvgIpc) is 2.98. The smallest absolute Gasteiger partial charge is 0.327 e. The molecular formula is C22H28N4O6. The largest absolute Gasteiger partial charge is 0.480 e. The first-order valence-electron chi connectivity index (χ1n) is 10.8. The molecule has 0 radical (unpaired) electrons. The number of rotatable bonds is 11. The summed E-state index contributed by atoms with van der Waals surface area (Å²) in [5, 5.41) is 11.5. The van der Waals surface area contributed by atoms with Crippen molar-refractivity contribution in [2.24, 2.45) is 5.73 Å². The van der Waals surface area contributed by atoms with Crippen LogP contribution in [0, 0.1) is 0 Å². The van der Waals surface area contributed by atoms with Crippen LogP contribution in [-0.2, 0) is 32.1 Å². The van der Waals surface area contributed by atoms with Crippen molar-refractivity contribution in [2.45, 2.75) is 63.6 Å². The third kappa shape index (κ3) is 5.43. The minimum atomic E-state index is -1.22. The summed E-state index contributed by atoms with van der Waals surface area (Å²) >= 11 is 0. The molecule has 10 heteroatoms. The molecule has 2 unspecified atom stereocenters. The molecule has 1 fully saturated rings. The Balaban J connectivity index is 1.40. The topological polar surface area (TPSA) is 150 Å². The van der Waals surface area contributed by atoms with Gasteiger partial charge in [0.2, 0.25) is 11.8 Å². The number of amides is 5. The number of carboxylic acid groups (broad SMARTS) is 1. The fourth-order valence-corrected chi connectivity index (χ4v) is 4.12. The Morgan fingerprint density at radius 3 is 2.50 bits per heavy atom. The van der Waals surface area contributed by atoms with Gasteiger partial charge in [-0.15, -0.1) is 0 Å². The van der Waals surface area contributed by atoms with Crippen LogP contribution < -0.4 is 11.1 Å². The van der Waals surface area contributed by atoms with Crippen LogP contribution in [0.2, 0.25) is 0 Å². The maximum atomic E-state index is 12.7. The molecule has 3 rings (SSSR count). The summed E-state index contributed by atoms with van der Waals surface area (Å²) in [6, 6.07) is 5.94. The zero-order valence-corrected chi connectivity index (χ0v) is 17.8. The fourth-order valence-electron chi connectivity index (χ4n) is 4.12. The van der Waals surface area contributed by atoms with Crippen LogP contribution in [0.4, 0.5) is 4.79 Å². The van der Waals surface area contributed by atoms with E-state index in [0.29, 0.717) is 38.8 Å². The molecule has 4 N–H and O–H groups in total. The number of carbonyl (C=O) groups is 5. The van der Waals surface area contributed by atoms with Crippen molar-refractivity contribution in [1.29, 1.82) is 0 Å². The number of fused-ring (bicyclic) bond motifs is 2. The van der Waals surface area contributed by atoms with Gasteiger partial charge in [0.25, 0.3) is 5.91 Å². The lowest BCUT2D eigenvalue weighted by Crippen LogP contribution is -2.41. The van der Waals surface area contributed by atoms with Gasteiger partial charge in [0.05, 0.1) is 0 Å². The van der Waals surface area contributed by atoms with Crippen molar-refractivity contribution >= 4 is 29.7 Å². The Kier molecular flexibility index (Phi) is 7.45. The summed E-state index contributed by atoms with van der Waals surface area (Å²) in [6.45, 7) is 0.724. The second-order valence-electron chi connectivity index (χ2n) is 8.16. The quantitative estimate of drug-likeness (QED) is 0.339. The number of unbranched alkanes of at least 4 members (excludes halogenated alkanes) is 2. The number of carboxylic acids is 1. The van der Waals surface area contributed by atoms with Crippen LogP contribution in [0.15, 0.2) is 24.3 Å². The Hall–Kier alpha value is -3.43. The molecule has 2 aliphatic rings. The Bertz CT molecular complexity index is 874. The lowest BCUT2D eigenvalue weighted by molar-refractivity contribution is -0.142. The van der Waals surface area contributed by atoms with E-state index in [4.69, 9.17) is 10.8 Å². The third-order valence-electron chi connectivity index (χ3n) is 5.87. The highest BCUT2D eigenvalue weighted by atomic mass is 16.4. The number of aliphatic carboxylic acids is 1. The van der Waals surface area contributed by atoms with Gasteiger partial charge >= 0.3 is 12.0 Å². The van der Waals surface area contributed by atoms with E-state index in [1.807, 2.05) is 24.3 Å². The molecule has 2 heterocycles. The molecule has 5 amide bonds. The number of hydrogen-bond donors (Lipinski definition) is 3. The third-order valence-corrected chi connectivity index (χ3v) is 5.87. The SMILES string of the molecule is NC(=O)CCC(NC(=O)CCCCCN1C(=O)C2Cc3ccccc3CN2C1=O)C(=O)O. The summed E-state index contributed by atoms with van der Waals surface area (Å²) in [5.74, 6) is -2.45. The molecule has 10 nitrogen and oxygen atoms in total. The molecule has 0 spiro atoms. The normalized spacial score (nSPS) is 18.2. The lowest BCUT2D eigenvalue weighted by atomic mass is 9.95. The van der Waals surface area contributed by atoms with E-state index in [1.165, 1.54) is 4.90 Å². The number of nitrogens with zero attached hydrogens (tertiary/aromatic N) is 2. The monoisotopic (exact) mass is 444 g/mol. The number of hydrogen-bond acceptors (Lipinski definition) is 5. The molecule has 0 aromatic heterocycles. The number of urea groups is 1. The summed E-state index contributed by atoms with van der Waals surface area (Å²) in [7, 11) is 0. The van der Waals surface area contributed by atoms with Gasteiger partial charge in [-0.05, 0) is 30.4 Å². The van der Waals surface area contributed by atoms with Gasteiger partial charge in [0.1, 0.15) is 12.1 Å². The predicted molar refractivity (Wildman–Crippen MR) is 113 cm³/mol. The van der Waals surface area contributed by atoms with Gasteiger partial charge in [0.15, 0.2) is 0 Å². The van der Waals surface area contributed by atoms with Gasteiger partial charge in [-0.1, -0.05) is 30.7 Å². The van der Waals surface area contributed by atoms with E-state index in [0.717, 1.165) is 11.1 Å². The minimum absolute atomic E-state index is 0.0584. The zero-order chi connectivity index (χ0) is 23.3. The minimum Gasteiger partial charge on any atom is -0.480 e. The number of benzene rings is 1. The molecule has 1 aromatic carbocycles. The van der Waals surface area contributed by atoms with E-state index in [1.54, 1.807) is 4.90 Å². The van der Waals surface area contributed by atoms with Gasteiger partial charge < -0.3 is 21.1 Å². The lowest BCUT2D eigenvalue weighted by Gasteiger charge is -2.28. The molecule has 1 aromatic rings. The molecule has 172 valence electrons. The van der Waals surface area contributed by atoms with Gasteiger partial charge in [-0.25, -0.2) is 9.59 Å². The van der Waals surface area contributed by atoms with Crippen molar-refractivity contribution < 1.29 is 29.1 Å². The van der Waals surface area contributed by atoms with Crippen LogP contribution >= 0.6 is 0 Å². The zero-order valence-electron chi connectivity index (χ0n) is 17.8. The molecule has 2 aliphatic heterocycles.